The molecular weight excluding hydrogens is 274 g/mol. The molecule has 0 aliphatic rings. The van der Waals surface area contributed by atoms with Crippen LogP contribution in [-0.2, 0) is 10.0 Å². The van der Waals surface area contributed by atoms with Gasteiger partial charge in [0.05, 0.1) is 7.11 Å². The number of ether oxygens (including phenoxy) is 1. The number of hydrogen-bond donors (Lipinski definition) is 3. The van der Waals surface area contributed by atoms with E-state index in [0.717, 1.165) is 24.1 Å². The SMILES string of the molecule is COc1c(C(=O)O)cc(Cl)cc1S(=O)(=O)NO. The zero-order valence-electron chi connectivity index (χ0n) is 8.47. The topological polar surface area (TPSA) is 113 Å². The average molecular weight is 282 g/mol. The first-order valence-electron chi connectivity index (χ1n) is 4.10. The Hall–Kier alpha value is -1.35. The van der Waals surface area contributed by atoms with Gasteiger partial charge in [0.2, 0.25) is 0 Å². The second kappa shape index (κ2) is 4.88. The van der Waals surface area contributed by atoms with Crippen LogP contribution in [0.5, 0.6) is 5.75 Å². The molecule has 0 amide bonds. The molecule has 0 unspecified atom stereocenters. The van der Waals surface area contributed by atoms with Gasteiger partial charge in [0.25, 0.3) is 10.0 Å². The molecule has 94 valence electrons. The minimum Gasteiger partial charge on any atom is -0.494 e. The molecule has 0 bridgehead atoms. The normalized spacial score (nSPS) is 11.2. The van der Waals surface area contributed by atoms with Gasteiger partial charge in [-0.05, 0) is 12.1 Å². The number of carboxylic acid groups (broad SMARTS) is 1. The molecule has 3 N–H and O–H groups in total. The van der Waals surface area contributed by atoms with Crippen molar-refractivity contribution in [3.8, 4) is 5.75 Å². The molecule has 0 aromatic heterocycles. The van der Waals surface area contributed by atoms with Gasteiger partial charge in [-0.3, -0.25) is 0 Å². The Morgan fingerprint density at radius 1 is 1.47 bits per heavy atom. The summed E-state index contributed by atoms with van der Waals surface area (Å²) in [6.07, 6.45) is 0. The largest absolute Gasteiger partial charge is 0.494 e. The highest BCUT2D eigenvalue weighted by atomic mass is 35.5. The number of nitrogens with one attached hydrogen (secondary N) is 1. The van der Waals surface area contributed by atoms with Gasteiger partial charge in [-0.15, -0.1) is 0 Å². The van der Waals surface area contributed by atoms with Gasteiger partial charge < -0.3 is 15.1 Å². The Morgan fingerprint density at radius 3 is 2.47 bits per heavy atom. The quantitative estimate of drug-likeness (QED) is 0.701. The van der Waals surface area contributed by atoms with E-state index in [9.17, 15) is 13.2 Å². The fourth-order valence-electron chi connectivity index (χ4n) is 1.19. The predicted molar refractivity (Wildman–Crippen MR) is 57.1 cm³/mol. The second-order valence-corrected chi connectivity index (χ2v) is 4.95. The maximum absolute atomic E-state index is 11.4. The van der Waals surface area contributed by atoms with Crippen LogP contribution in [-0.4, -0.2) is 31.8 Å². The van der Waals surface area contributed by atoms with E-state index in [0.29, 0.717) is 0 Å². The zero-order valence-corrected chi connectivity index (χ0v) is 10.0. The Kier molecular flexibility index (Phi) is 3.94. The van der Waals surface area contributed by atoms with Crippen molar-refractivity contribution >= 4 is 27.6 Å². The minimum absolute atomic E-state index is 0.114. The van der Waals surface area contributed by atoms with Crippen LogP contribution >= 0.6 is 11.6 Å². The highest BCUT2D eigenvalue weighted by Crippen LogP contribution is 2.31. The molecule has 1 aromatic carbocycles. The van der Waals surface area contributed by atoms with E-state index in [1.54, 1.807) is 0 Å². The Balaban J connectivity index is 3.67. The van der Waals surface area contributed by atoms with Gasteiger partial charge in [0.15, 0.2) is 5.75 Å². The van der Waals surface area contributed by atoms with Crippen LogP contribution in [0.3, 0.4) is 0 Å². The van der Waals surface area contributed by atoms with Crippen molar-refractivity contribution in [2.24, 2.45) is 0 Å². The molecule has 9 heteroatoms. The molecule has 0 radical (unpaired) electrons. The lowest BCUT2D eigenvalue weighted by Crippen LogP contribution is -2.21. The lowest BCUT2D eigenvalue weighted by molar-refractivity contribution is 0.0692. The number of rotatable bonds is 4. The van der Waals surface area contributed by atoms with Gasteiger partial charge in [0.1, 0.15) is 10.5 Å². The van der Waals surface area contributed by atoms with Gasteiger partial charge >= 0.3 is 5.97 Å². The fourth-order valence-corrected chi connectivity index (χ4v) is 2.29. The molecule has 0 heterocycles. The Labute approximate surface area is 102 Å². The number of carbonyl (C=O) groups is 1. The first-order chi connectivity index (χ1) is 7.83. The molecule has 1 rings (SSSR count). The van der Waals surface area contributed by atoms with Crippen molar-refractivity contribution < 1.29 is 28.3 Å². The van der Waals surface area contributed by atoms with E-state index < -0.39 is 32.2 Å². The standard InChI is InChI=1S/C8H8ClNO6S/c1-16-7-5(8(11)12)2-4(9)3-6(7)17(14,15)10-13/h2-3,10,13H,1H3,(H,11,12). The summed E-state index contributed by atoms with van der Waals surface area (Å²) in [6, 6.07) is 2.00. The van der Waals surface area contributed by atoms with E-state index in [1.807, 2.05) is 0 Å². The predicted octanol–water partition coefficient (Wildman–Crippen LogP) is 0.714. The minimum atomic E-state index is -4.29. The first kappa shape index (κ1) is 13.7. The lowest BCUT2D eigenvalue weighted by atomic mass is 10.2. The third-order valence-corrected chi connectivity index (χ3v) is 3.20. The van der Waals surface area contributed by atoms with Crippen LogP contribution < -0.4 is 9.62 Å². The third-order valence-electron chi connectivity index (χ3n) is 1.86. The number of hydrogen-bond acceptors (Lipinski definition) is 5. The Bertz CT molecular complexity index is 555. The van der Waals surface area contributed by atoms with Crippen molar-refractivity contribution in [1.82, 2.24) is 4.89 Å². The smallest absolute Gasteiger partial charge is 0.339 e. The molecule has 1 aromatic rings. The maximum Gasteiger partial charge on any atom is 0.339 e. The second-order valence-electron chi connectivity index (χ2n) is 2.88. The molecule has 7 nitrogen and oxygen atoms in total. The van der Waals surface area contributed by atoms with E-state index >= 15 is 0 Å². The molecule has 0 atom stereocenters. The zero-order chi connectivity index (χ0) is 13.2. The number of sulfonamides is 1. The first-order valence-corrected chi connectivity index (χ1v) is 5.96. The van der Waals surface area contributed by atoms with Crippen molar-refractivity contribution in [2.45, 2.75) is 4.90 Å². The average Bonchev–Trinajstić information content (AvgIpc) is 2.27. The summed E-state index contributed by atoms with van der Waals surface area (Å²) in [5.41, 5.74) is -0.422. The summed E-state index contributed by atoms with van der Waals surface area (Å²) in [6.45, 7) is 0. The van der Waals surface area contributed by atoms with Crippen molar-refractivity contribution in [2.75, 3.05) is 7.11 Å². The van der Waals surface area contributed by atoms with E-state index in [-0.39, 0.29) is 5.02 Å². The summed E-state index contributed by atoms with van der Waals surface area (Å²) in [4.78, 5) is 11.4. The van der Waals surface area contributed by atoms with Gasteiger partial charge in [-0.1, -0.05) is 16.5 Å². The van der Waals surface area contributed by atoms with Crippen molar-refractivity contribution in [1.29, 1.82) is 0 Å². The van der Waals surface area contributed by atoms with Gasteiger partial charge in [-0.2, -0.15) is 0 Å². The number of benzene rings is 1. The summed E-state index contributed by atoms with van der Waals surface area (Å²) in [5.74, 6) is -1.82. The van der Waals surface area contributed by atoms with Crippen molar-refractivity contribution in [3.05, 3.63) is 22.7 Å². The monoisotopic (exact) mass is 281 g/mol. The molecule has 0 fully saturated rings. The van der Waals surface area contributed by atoms with E-state index in [2.05, 4.69) is 0 Å². The summed E-state index contributed by atoms with van der Waals surface area (Å²) < 4.78 is 27.5. The molecule has 0 aliphatic heterocycles. The van der Waals surface area contributed by atoms with Gasteiger partial charge in [0, 0.05) is 5.02 Å². The summed E-state index contributed by atoms with van der Waals surface area (Å²) in [5, 5.41) is 17.3. The number of aromatic carboxylic acids is 1. The fraction of sp³-hybridized carbons (Fsp3) is 0.125. The van der Waals surface area contributed by atoms with Crippen LogP contribution in [0.2, 0.25) is 5.02 Å². The molecule has 0 aliphatic carbocycles. The lowest BCUT2D eigenvalue weighted by Gasteiger charge is -2.11. The summed E-state index contributed by atoms with van der Waals surface area (Å²) in [7, 11) is -3.18. The molecule has 0 saturated heterocycles. The number of carboxylic acids is 1. The van der Waals surface area contributed by atoms with Crippen molar-refractivity contribution in [3.63, 3.8) is 0 Å². The Morgan fingerprint density at radius 2 is 2.06 bits per heavy atom. The van der Waals surface area contributed by atoms with E-state index in [1.165, 1.54) is 0 Å². The van der Waals surface area contributed by atoms with Crippen LogP contribution in [0.15, 0.2) is 17.0 Å². The van der Waals surface area contributed by atoms with Crippen LogP contribution in [0.4, 0.5) is 0 Å². The maximum atomic E-state index is 11.4. The highest BCUT2D eigenvalue weighted by Gasteiger charge is 2.25. The highest BCUT2D eigenvalue weighted by molar-refractivity contribution is 7.89. The molecule has 17 heavy (non-hydrogen) atoms. The van der Waals surface area contributed by atoms with Gasteiger partial charge in [-0.25, -0.2) is 13.2 Å². The van der Waals surface area contributed by atoms with Crippen LogP contribution in [0, 0.1) is 0 Å². The summed E-state index contributed by atoms with van der Waals surface area (Å²) >= 11 is 5.59. The number of halogens is 1. The molecule has 0 saturated carbocycles. The number of methoxy groups -OCH3 is 1. The molecular formula is C8H8ClNO6S. The molecule has 0 spiro atoms. The van der Waals surface area contributed by atoms with E-state index in [4.69, 9.17) is 26.7 Å². The van der Waals surface area contributed by atoms with Crippen LogP contribution in [0.25, 0.3) is 0 Å². The van der Waals surface area contributed by atoms with Crippen LogP contribution in [0.1, 0.15) is 10.4 Å². The third kappa shape index (κ3) is 2.67.